The van der Waals surface area contributed by atoms with E-state index in [-0.39, 0.29) is 0 Å². The Morgan fingerprint density at radius 1 is 1.40 bits per heavy atom. The molecule has 10 heavy (non-hydrogen) atoms. The third-order valence-electron chi connectivity index (χ3n) is 1.96. The van der Waals surface area contributed by atoms with Crippen molar-refractivity contribution in [3.8, 4) is 0 Å². The molecule has 1 aliphatic rings. The second-order valence-electron chi connectivity index (χ2n) is 3.22. The average Bonchev–Trinajstić information content (AvgIpc) is 1.88. The second kappa shape index (κ2) is 3.05. The van der Waals surface area contributed by atoms with Crippen LogP contribution in [-0.2, 0) is 0 Å². The maximum atomic E-state index is 2.29. The van der Waals surface area contributed by atoms with Crippen LogP contribution in [0.1, 0.15) is 27.2 Å². The fourth-order valence-corrected chi connectivity index (χ4v) is 1.08. The molecule has 0 amide bonds. The lowest BCUT2D eigenvalue weighted by molar-refractivity contribution is 0.741. The zero-order chi connectivity index (χ0) is 7.56. The summed E-state index contributed by atoms with van der Waals surface area (Å²) in [5.41, 5.74) is 2.94. The third-order valence-corrected chi connectivity index (χ3v) is 1.96. The third kappa shape index (κ3) is 1.73. The van der Waals surface area contributed by atoms with Crippen molar-refractivity contribution in [2.75, 3.05) is 0 Å². The first kappa shape index (κ1) is 7.59. The van der Waals surface area contributed by atoms with Gasteiger partial charge in [0, 0.05) is 6.42 Å². The van der Waals surface area contributed by atoms with Crippen LogP contribution in [0.15, 0.2) is 23.3 Å². The van der Waals surface area contributed by atoms with Crippen LogP contribution in [0.2, 0.25) is 0 Å². The number of rotatable bonds is 1. The molecule has 1 rings (SSSR count). The molecule has 0 aliphatic heterocycles. The highest BCUT2D eigenvalue weighted by Crippen LogP contribution is 2.21. The predicted octanol–water partition coefficient (Wildman–Crippen LogP) is 3.12. The molecule has 0 atom stereocenters. The van der Waals surface area contributed by atoms with Gasteiger partial charge in [-0.05, 0) is 19.3 Å². The van der Waals surface area contributed by atoms with Gasteiger partial charge in [0.25, 0.3) is 0 Å². The first-order valence-electron chi connectivity index (χ1n) is 3.90. The molecule has 0 heterocycles. The lowest BCUT2D eigenvalue weighted by Gasteiger charge is -2.13. The van der Waals surface area contributed by atoms with Crippen LogP contribution in [0, 0.1) is 12.3 Å². The van der Waals surface area contributed by atoms with Gasteiger partial charge >= 0.3 is 0 Å². The molecule has 0 aromatic rings. The Hall–Kier alpha value is -0.520. The molecule has 1 radical (unpaired) electrons. The van der Waals surface area contributed by atoms with E-state index in [1.165, 1.54) is 5.57 Å². The molecule has 0 saturated carbocycles. The summed E-state index contributed by atoms with van der Waals surface area (Å²) in [6, 6.07) is 0. The Bertz CT molecular complexity index is 170. The summed E-state index contributed by atoms with van der Waals surface area (Å²) in [4.78, 5) is 0. The van der Waals surface area contributed by atoms with Crippen molar-refractivity contribution in [3.63, 3.8) is 0 Å². The highest BCUT2D eigenvalue weighted by molar-refractivity contribution is 5.30. The fraction of sp³-hybridized carbons (Fsp3) is 0.500. The zero-order valence-corrected chi connectivity index (χ0v) is 7.02. The van der Waals surface area contributed by atoms with Gasteiger partial charge in [0.15, 0.2) is 0 Å². The van der Waals surface area contributed by atoms with Crippen LogP contribution in [0.4, 0.5) is 0 Å². The van der Waals surface area contributed by atoms with Crippen molar-refractivity contribution in [1.82, 2.24) is 0 Å². The van der Waals surface area contributed by atoms with Gasteiger partial charge in [0.2, 0.25) is 0 Å². The van der Waals surface area contributed by atoms with Gasteiger partial charge in [0.1, 0.15) is 0 Å². The SMILES string of the molecule is CC1=CCC(C(C)C)=C[CH]1. The Kier molecular flexibility index (Phi) is 2.31. The van der Waals surface area contributed by atoms with Crippen LogP contribution >= 0.6 is 0 Å². The molecule has 0 unspecified atom stereocenters. The van der Waals surface area contributed by atoms with E-state index in [1.54, 1.807) is 5.57 Å². The molecule has 0 fully saturated rings. The molecular formula is C10H15. The molecule has 0 heteroatoms. The maximum Gasteiger partial charge on any atom is 0.00772 e. The van der Waals surface area contributed by atoms with Crippen molar-refractivity contribution >= 4 is 0 Å². The molecule has 0 nitrogen and oxygen atoms in total. The summed E-state index contributed by atoms with van der Waals surface area (Å²) in [5, 5.41) is 0. The summed E-state index contributed by atoms with van der Waals surface area (Å²) in [6.07, 6.45) is 7.88. The molecule has 0 spiro atoms. The summed E-state index contributed by atoms with van der Waals surface area (Å²) < 4.78 is 0. The second-order valence-corrected chi connectivity index (χ2v) is 3.22. The van der Waals surface area contributed by atoms with Crippen molar-refractivity contribution < 1.29 is 0 Å². The topological polar surface area (TPSA) is 0 Å². The summed E-state index contributed by atoms with van der Waals surface area (Å²) >= 11 is 0. The zero-order valence-electron chi connectivity index (χ0n) is 7.02. The van der Waals surface area contributed by atoms with Gasteiger partial charge < -0.3 is 0 Å². The van der Waals surface area contributed by atoms with Crippen LogP contribution in [0.3, 0.4) is 0 Å². The Morgan fingerprint density at radius 2 is 2.10 bits per heavy atom. The molecule has 1 aliphatic carbocycles. The summed E-state index contributed by atoms with van der Waals surface area (Å²) in [7, 11) is 0. The number of hydrogen-bond donors (Lipinski definition) is 0. The van der Waals surface area contributed by atoms with E-state index in [1.807, 2.05) is 0 Å². The molecule has 55 valence electrons. The molecule has 0 N–H and O–H groups in total. The van der Waals surface area contributed by atoms with E-state index in [0.29, 0.717) is 5.92 Å². The molecule has 0 bridgehead atoms. The largest absolute Gasteiger partial charge is 0.0809 e. The quantitative estimate of drug-likeness (QED) is 0.518. The van der Waals surface area contributed by atoms with Crippen molar-refractivity contribution in [1.29, 1.82) is 0 Å². The predicted molar refractivity (Wildman–Crippen MR) is 45.6 cm³/mol. The van der Waals surface area contributed by atoms with Gasteiger partial charge in [-0.1, -0.05) is 37.1 Å². The van der Waals surface area contributed by atoms with Crippen LogP contribution in [-0.4, -0.2) is 0 Å². The normalized spacial score (nSPS) is 18.8. The van der Waals surface area contributed by atoms with Crippen molar-refractivity contribution in [3.05, 3.63) is 29.7 Å². The van der Waals surface area contributed by atoms with Crippen molar-refractivity contribution in [2.24, 2.45) is 5.92 Å². The van der Waals surface area contributed by atoms with E-state index in [4.69, 9.17) is 0 Å². The van der Waals surface area contributed by atoms with E-state index in [2.05, 4.69) is 39.3 Å². The number of allylic oxidation sites excluding steroid dienone is 4. The minimum absolute atomic E-state index is 0.709. The Labute approximate surface area is 63.6 Å². The van der Waals surface area contributed by atoms with E-state index in [0.717, 1.165) is 6.42 Å². The lowest BCUT2D eigenvalue weighted by atomic mass is 9.93. The van der Waals surface area contributed by atoms with Crippen molar-refractivity contribution in [2.45, 2.75) is 27.2 Å². The molecule has 0 aromatic carbocycles. The van der Waals surface area contributed by atoms with Crippen LogP contribution < -0.4 is 0 Å². The first-order chi connectivity index (χ1) is 4.70. The smallest absolute Gasteiger partial charge is 0.00772 e. The van der Waals surface area contributed by atoms with Gasteiger partial charge in [-0.25, -0.2) is 0 Å². The van der Waals surface area contributed by atoms with Gasteiger partial charge in [-0.15, -0.1) is 0 Å². The maximum absolute atomic E-state index is 2.29. The van der Waals surface area contributed by atoms with Crippen LogP contribution in [0.5, 0.6) is 0 Å². The Balaban J connectivity index is 2.54. The lowest BCUT2D eigenvalue weighted by Crippen LogP contribution is -1.97. The Morgan fingerprint density at radius 3 is 2.50 bits per heavy atom. The summed E-state index contributed by atoms with van der Waals surface area (Å²) in [6.45, 7) is 6.63. The van der Waals surface area contributed by atoms with Crippen LogP contribution in [0.25, 0.3) is 0 Å². The number of hydrogen-bond acceptors (Lipinski definition) is 0. The first-order valence-corrected chi connectivity index (χ1v) is 3.90. The highest BCUT2D eigenvalue weighted by atomic mass is 14.1. The molecule has 0 aromatic heterocycles. The highest BCUT2D eigenvalue weighted by Gasteiger charge is 2.04. The molecule has 0 saturated heterocycles. The van der Waals surface area contributed by atoms with Gasteiger partial charge in [-0.3, -0.25) is 0 Å². The van der Waals surface area contributed by atoms with Gasteiger partial charge in [0.05, 0.1) is 0 Å². The van der Waals surface area contributed by atoms with Gasteiger partial charge in [-0.2, -0.15) is 0 Å². The van der Waals surface area contributed by atoms with E-state index < -0.39 is 0 Å². The minimum atomic E-state index is 0.709. The molecular weight excluding hydrogens is 120 g/mol. The van der Waals surface area contributed by atoms with E-state index in [9.17, 15) is 0 Å². The fourth-order valence-electron chi connectivity index (χ4n) is 1.08. The standard InChI is InChI=1S/C10H15/c1-8(2)10-6-4-9(3)5-7-10/h4-6,8H,7H2,1-3H3. The average molecular weight is 135 g/mol. The summed E-state index contributed by atoms with van der Waals surface area (Å²) in [5.74, 6) is 0.709. The minimum Gasteiger partial charge on any atom is -0.0809 e. The monoisotopic (exact) mass is 135 g/mol. The van der Waals surface area contributed by atoms with E-state index >= 15 is 0 Å².